The van der Waals surface area contributed by atoms with Crippen LogP contribution < -0.4 is 4.74 Å². The van der Waals surface area contributed by atoms with E-state index in [2.05, 4.69) is 26.1 Å². The first-order chi connectivity index (χ1) is 12.8. The van der Waals surface area contributed by atoms with Crippen molar-refractivity contribution in [1.29, 1.82) is 0 Å². The number of pyridine rings is 1. The minimum atomic E-state index is 0.0722. The van der Waals surface area contributed by atoms with Gasteiger partial charge in [0, 0.05) is 55.1 Å². The minimum Gasteiger partial charge on any atom is -0.481 e. The van der Waals surface area contributed by atoms with Crippen molar-refractivity contribution in [2.75, 3.05) is 33.4 Å². The number of fused-ring (bicyclic) bond motifs is 1. The van der Waals surface area contributed by atoms with Crippen LogP contribution >= 0.6 is 0 Å². The van der Waals surface area contributed by atoms with Crippen molar-refractivity contribution in [1.82, 2.24) is 20.1 Å². The number of aromatic nitrogens is 3. The van der Waals surface area contributed by atoms with Gasteiger partial charge in [-0.15, -0.1) is 10.2 Å². The van der Waals surface area contributed by atoms with Gasteiger partial charge in [-0.25, -0.2) is 4.98 Å². The van der Waals surface area contributed by atoms with Crippen LogP contribution in [-0.2, 0) is 17.7 Å². The molecule has 0 bridgehead atoms. The summed E-state index contributed by atoms with van der Waals surface area (Å²) in [6.07, 6.45) is 4.93. The Morgan fingerprint density at radius 1 is 1.35 bits per heavy atom. The Balaban J connectivity index is 1.31. The van der Waals surface area contributed by atoms with Gasteiger partial charge in [-0.1, -0.05) is 6.07 Å². The Hall–Kier alpha value is -1.99. The van der Waals surface area contributed by atoms with Gasteiger partial charge in [0.15, 0.2) is 0 Å². The molecule has 1 aliphatic carbocycles. The van der Waals surface area contributed by atoms with Crippen LogP contribution in [0.25, 0.3) is 0 Å². The van der Waals surface area contributed by atoms with Crippen LogP contribution in [0.1, 0.15) is 36.1 Å². The van der Waals surface area contributed by atoms with Gasteiger partial charge in [0.1, 0.15) is 0 Å². The summed E-state index contributed by atoms with van der Waals surface area (Å²) in [4.78, 5) is 6.79. The van der Waals surface area contributed by atoms with Crippen LogP contribution in [0.3, 0.4) is 0 Å². The molecule has 0 unspecified atom stereocenters. The van der Waals surface area contributed by atoms with Gasteiger partial charge in [0.2, 0.25) is 17.7 Å². The molecule has 26 heavy (non-hydrogen) atoms. The molecule has 1 saturated carbocycles. The molecule has 5 rings (SSSR count). The van der Waals surface area contributed by atoms with E-state index in [0.717, 1.165) is 56.6 Å². The molecule has 0 radical (unpaired) electrons. The van der Waals surface area contributed by atoms with Gasteiger partial charge in [-0.05, 0) is 18.9 Å². The quantitative estimate of drug-likeness (QED) is 0.784. The fourth-order valence-corrected chi connectivity index (χ4v) is 4.42. The van der Waals surface area contributed by atoms with Gasteiger partial charge < -0.3 is 13.9 Å². The lowest BCUT2D eigenvalue weighted by Crippen LogP contribution is -2.33. The first-order valence-corrected chi connectivity index (χ1v) is 9.36. The molecule has 3 fully saturated rings. The molecule has 4 heterocycles. The summed E-state index contributed by atoms with van der Waals surface area (Å²) >= 11 is 0. The second-order valence-electron chi connectivity index (χ2n) is 7.90. The van der Waals surface area contributed by atoms with Crippen LogP contribution in [0.2, 0.25) is 0 Å². The third-order valence-corrected chi connectivity index (χ3v) is 5.94. The Labute approximate surface area is 152 Å². The van der Waals surface area contributed by atoms with E-state index >= 15 is 0 Å². The fraction of sp³-hybridized carbons (Fsp3) is 0.632. The van der Waals surface area contributed by atoms with Crippen molar-refractivity contribution >= 4 is 0 Å². The largest absolute Gasteiger partial charge is 0.481 e. The molecule has 138 valence electrons. The zero-order valence-electron chi connectivity index (χ0n) is 15.1. The molecule has 0 amide bonds. The third-order valence-electron chi connectivity index (χ3n) is 5.94. The van der Waals surface area contributed by atoms with Crippen LogP contribution in [0.4, 0.5) is 0 Å². The second-order valence-corrected chi connectivity index (χ2v) is 7.90. The Kier molecular flexibility index (Phi) is 3.94. The first-order valence-electron chi connectivity index (χ1n) is 9.36. The number of hydrogen-bond donors (Lipinski definition) is 0. The van der Waals surface area contributed by atoms with Crippen molar-refractivity contribution < 1.29 is 13.9 Å². The molecule has 2 aliphatic heterocycles. The van der Waals surface area contributed by atoms with Crippen LogP contribution in [0, 0.1) is 11.3 Å². The monoisotopic (exact) mass is 356 g/mol. The molecule has 0 N–H and O–H groups in total. The third kappa shape index (κ3) is 2.89. The van der Waals surface area contributed by atoms with Gasteiger partial charge in [-0.2, -0.15) is 0 Å². The number of ether oxygens (including phenoxy) is 2. The van der Waals surface area contributed by atoms with Gasteiger partial charge in [0.05, 0.1) is 20.3 Å². The molecule has 2 atom stereocenters. The zero-order valence-corrected chi connectivity index (χ0v) is 15.1. The maximum absolute atomic E-state index is 5.94. The Morgan fingerprint density at radius 2 is 2.27 bits per heavy atom. The summed E-state index contributed by atoms with van der Waals surface area (Å²) in [5.74, 6) is 3.30. The predicted octanol–water partition coefficient (Wildman–Crippen LogP) is 2.04. The molecule has 2 saturated heterocycles. The van der Waals surface area contributed by atoms with Crippen LogP contribution in [0.5, 0.6) is 5.88 Å². The molecule has 7 heteroatoms. The lowest BCUT2D eigenvalue weighted by atomic mass is 9.78. The average Bonchev–Trinajstić information content (AvgIpc) is 3.15. The maximum atomic E-state index is 5.94. The first kappa shape index (κ1) is 16.2. The summed E-state index contributed by atoms with van der Waals surface area (Å²) in [7, 11) is 1.67. The van der Waals surface area contributed by atoms with Crippen molar-refractivity contribution in [2.45, 2.75) is 31.7 Å². The number of rotatable bonds is 6. The van der Waals surface area contributed by atoms with Crippen molar-refractivity contribution in [3.8, 4) is 5.88 Å². The average molecular weight is 356 g/mol. The molecule has 2 aromatic rings. The van der Waals surface area contributed by atoms with Crippen molar-refractivity contribution in [3.05, 3.63) is 35.7 Å². The van der Waals surface area contributed by atoms with E-state index in [9.17, 15) is 0 Å². The van der Waals surface area contributed by atoms with Gasteiger partial charge in [-0.3, -0.25) is 4.90 Å². The summed E-state index contributed by atoms with van der Waals surface area (Å²) in [6, 6.07) is 4.05. The number of methoxy groups -OCH3 is 1. The van der Waals surface area contributed by atoms with E-state index in [0.29, 0.717) is 17.7 Å². The van der Waals surface area contributed by atoms with Crippen LogP contribution in [0.15, 0.2) is 22.7 Å². The summed E-state index contributed by atoms with van der Waals surface area (Å²) < 4.78 is 17.2. The molecule has 3 aliphatic rings. The molecule has 0 spiro atoms. The van der Waals surface area contributed by atoms with E-state index in [1.165, 1.54) is 12.8 Å². The molecular formula is C19H24N4O3. The maximum Gasteiger partial charge on any atom is 0.219 e. The highest BCUT2D eigenvalue weighted by Crippen LogP contribution is 2.45. The summed E-state index contributed by atoms with van der Waals surface area (Å²) in [5, 5.41) is 8.56. The normalized spacial score (nSPS) is 28.4. The number of hydrogen-bond acceptors (Lipinski definition) is 7. The summed E-state index contributed by atoms with van der Waals surface area (Å²) in [6.45, 7) is 4.40. The predicted molar refractivity (Wildman–Crippen MR) is 92.8 cm³/mol. The highest BCUT2D eigenvalue weighted by atomic mass is 16.5. The highest BCUT2D eigenvalue weighted by Gasteiger charge is 2.51. The van der Waals surface area contributed by atoms with E-state index < -0.39 is 0 Å². The van der Waals surface area contributed by atoms with Crippen molar-refractivity contribution in [2.24, 2.45) is 11.3 Å². The zero-order chi connectivity index (χ0) is 17.6. The Bertz CT molecular complexity index is 791. The number of likely N-dealkylation sites (tertiary alicyclic amines) is 1. The second kappa shape index (κ2) is 6.32. The smallest absolute Gasteiger partial charge is 0.219 e. The topological polar surface area (TPSA) is 73.5 Å². The van der Waals surface area contributed by atoms with Gasteiger partial charge >= 0.3 is 0 Å². The van der Waals surface area contributed by atoms with Crippen molar-refractivity contribution in [3.63, 3.8) is 0 Å². The van der Waals surface area contributed by atoms with E-state index in [1.54, 1.807) is 13.3 Å². The minimum absolute atomic E-state index is 0.0722. The highest BCUT2D eigenvalue weighted by molar-refractivity contribution is 5.25. The molecule has 0 aromatic carbocycles. The summed E-state index contributed by atoms with van der Waals surface area (Å²) in [5.41, 5.74) is 1.20. The standard InChI is InChI=1S/C19H24N4O3/c1-24-17-14(3-2-6-20-17)8-23-9-15-10-25-12-19(15,11-23)7-16-21-22-18(26-16)13-4-5-13/h2-3,6,13,15H,4-5,7-12H2,1H3/t15-,19+/m1/s1. The lowest BCUT2D eigenvalue weighted by Gasteiger charge is -2.25. The molecular weight excluding hydrogens is 332 g/mol. The van der Waals surface area contributed by atoms with E-state index in [-0.39, 0.29) is 5.41 Å². The van der Waals surface area contributed by atoms with E-state index in [4.69, 9.17) is 13.9 Å². The lowest BCUT2D eigenvalue weighted by molar-refractivity contribution is 0.122. The molecule has 7 nitrogen and oxygen atoms in total. The van der Waals surface area contributed by atoms with Crippen LogP contribution in [-0.4, -0.2) is 53.5 Å². The SMILES string of the molecule is COc1ncccc1CN1C[C@@H]2COC[C@]2(Cc2nnc(C3CC3)o2)C1. The fourth-order valence-electron chi connectivity index (χ4n) is 4.42. The van der Waals surface area contributed by atoms with E-state index in [1.807, 2.05) is 6.07 Å². The Morgan fingerprint density at radius 3 is 3.12 bits per heavy atom. The molecule has 2 aromatic heterocycles. The number of nitrogens with zero attached hydrogens (tertiary/aromatic N) is 4. The van der Waals surface area contributed by atoms with Gasteiger partial charge in [0.25, 0.3) is 0 Å².